The van der Waals surface area contributed by atoms with Gasteiger partial charge in [0.1, 0.15) is 0 Å². The summed E-state index contributed by atoms with van der Waals surface area (Å²) in [7, 11) is 0. The summed E-state index contributed by atoms with van der Waals surface area (Å²) in [5.41, 5.74) is 0. The van der Waals surface area contributed by atoms with Crippen molar-refractivity contribution in [2.75, 3.05) is 19.0 Å². The smallest absolute Gasteiger partial charge is 0.222 e. The number of alkyl halides is 1. The van der Waals surface area contributed by atoms with Gasteiger partial charge in [0.05, 0.1) is 0 Å². The maximum atomic E-state index is 11.9. The molecule has 0 N–H and O–H groups in total. The number of halogens is 1. The van der Waals surface area contributed by atoms with E-state index in [1.165, 1.54) is 0 Å². The molecule has 2 nitrogen and oxygen atoms in total. The topological polar surface area (TPSA) is 20.3 Å². The van der Waals surface area contributed by atoms with Gasteiger partial charge in [-0.25, -0.2) is 0 Å². The molecule has 0 rings (SSSR count). The normalized spacial score (nSPS) is 10.8. The summed E-state index contributed by atoms with van der Waals surface area (Å²) >= 11 is 5.60. The number of carbonyl (C=O) groups excluding carboxylic acids is 1. The third kappa shape index (κ3) is 6.37. The maximum absolute atomic E-state index is 11.9. The van der Waals surface area contributed by atoms with Gasteiger partial charge < -0.3 is 4.90 Å². The number of rotatable bonds is 9. The lowest BCUT2D eigenvalue weighted by Crippen LogP contribution is -2.34. The zero-order valence-electron chi connectivity index (χ0n) is 11.0. The molecule has 0 heterocycles. The van der Waals surface area contributed by atoms with Crippen molar-refractivity contribution in [2.24, 2.45) is 5.92 Å². The van der Waals surface area contributed by atoms with Gasteiger partial charge in [0, 0.05) is 25.4 Å². The van der Waals surface area contributed by atoms with Crippen LogP contribution in [0.1, 0.15) is 52.9 Å². The largest absolute Gasteiger partial charge is 0.343 e. The highest BCUT2D eigenvalue weighted by molar-refractivity contribution is 6.17. The highest BCUT2D eigenvalue weighted by atomic mass is 35.5. The van der Waals surface area contributed by atoms with Gasteiger partial charge in [-0.3, -0.25) is 4.79 Å². The number of carbonyl (C=O) groups is 1. The molecule has 0 aliphatic heterocycles. The minimum atomic E-state index is 0.291. The van der Waals surface area contributed by atoms with Crippen LogP contribution in [0.5, 0.6) is 0 Å². The van der Waals surface area contributed by atoms with Crippen molar-refractivity contribution < 1.29 is 4.79 Å². The minimum absolute atomic E-state index is 0.291. The molecule has 16 heavy (non-hydrogen) atoms. The molecule has 0 aliphatic rings. The van der Waals surface area contributed by atoms with Crippen LogP contribution in [-0.4, -0.2) is 29.8 Å². The van der Waals surface area contributed by atoms with Gasteiger partial charge >= 0.3 is 0 Å². The van der Waals surface area contributed by atoms with Crippen molar-refractivity contribution in [1.29, 1.82) is 0 Å². The second kappa shape index (κ2) is 9.95. The number of hydrogen-bond donors (Lipinski definition) is 0. The molecule has 0 spiro atoms. The van der Waals surface area contributed by atoms with Crippen LogP contribution in [0, 0.1) is 5.92 Å². The van der Waals surface area contributed by atoms with E-state index in [1.807, 2.05) is 4.90 Å². The molecule has 0 aromatic heterocycles. The Labute approximate surface area is 105 Å². The van der Waals surface area contributed by atoms with Crippen LogP contribution in [0.15, 0.2) is 0 Å². The van der Waals surface area contributed by atoms with Crippen LogP contribution < -0.4 is 0 Å². The zero-order valence-corrected chi connectivity index (χ0v) is 11.7. The Morgan fingerprint density at radius 1 is 1.19 bits per heavy atom. The summed E-state index contributed by atoms with van der Waals surface area (Å²) in [4.78, 5) is 13.9. The molecule has 0 radical (unpaired) electrons. The quantitative estimate of drug-likeness (QED) is 0.450. The second-order valence-corrected chi connectivity index (χ2v) is 4.64. The van der Waals surface area contributed by atoms with Crippen molar-refractivity contribution in [3.05, 3.63) is 0 Å². The van der Waals surface area contributed by atoms with Crippen molar-refractivity contribution in [3.63, 3.8) is 0 Å². The van der Waals surface area contributed by atoms with E-state index in [2.05, 4.69) is 20.8 Å². The van der Waals surface area contributed by atoms with Gasteiger partial charge in [-0.05, 0) is 25.7 Å². The Kier molecular flexibility index (Phi) is 9.80. The number of amides is 1. The standard InChI is InChI=1S/C13H26ClNO/c1-4-12(5-2)11-15(6-3)13(16)9-7-8-10-14/h12H,4-11H2,1-3H3. The summed E-state index contributed by atoms with van der Waals surface area (Å²) in [5.74, 6) is 1.60. The van der Waals surface area contributed by atoms with E-state index in [0.717, 1.165) is 38.8 Å². The molecule has 0 atom stereocenters. The van der Waals surface area contributed by atoms with Crippen LogP contribution in [0.2, 0.25) is 0 Å². The molecule has 1 amide bonds. The zero-order chi connectivity index (χ0) is 12.4. The summed E-state index contributed by atoms with van der Waals surface area (Å²) in [6, 6.07) is 0. The Balaban J connectivity index is 4.00. The van der Waals surface area contributed by atoms with Crippen LogP contribution in [0.3, 0.4) is 0 Å². The number of nitrogens with zero attached hydrogens (tertiary/aromatic N) is 1. The summed E-state index contributed by atoms with van der Waals surface area (Å²) in [5, 5.41) is 0. The van der Waals surface area contributed by atoms with Crippen molar-refractivity contribution in [1.82, 2.24) is 4.90 Å². The average molecular weight is 248 g/mol. The number of hydrogen-bond acceptors (Lipinski definition) is 1. The lowest BCUT2D eigenvalue weighted by atomic mass is 10.0. The fourth-order valence-corrected chi connectivity index (χ4v) is 1.98. The van der Waals surface area contributed by atoms with Crippen LogP contribution in [0.25, 0.3) is 0 Å². The van der Waals surface area contributed by atoms with Gasteiger partial charge in [-0.15, -0.1) is 11.6 Å². The van der Waals surface area contributed by atoms with E-state index in [4.69, 9.17) is 11.6 Å². The Morgan fingerprint density at radius 3 is 2.25 bits per heavy atom. The lowest BCUT2D eigenvalue weighted by Gasteiger charge is -2.25. The average Bonchev–Trinajstić information content (AvgIpc) is 2.31. The summed E-state index contributed by atoms with van der Waals surface area (Å²) < 4.78 is 0. The monoisotopic (exact) mass is 247 g/mol. The molecule has 0 aliphatic carbocycles. The van der Waals surface area contributed by atoms with E-state index < -0.39 is 0 Å². The maximum Gasteiger partial charge on any atom is 0.222 e. The second-order valence-electron chi connectivity index (χ2n) is 4.26. The van der Waals surface area contributed by atoms with Gasteiger partial charge in [0.2, 0.25) is 5.91 Å². The minimum Gasteiger partial charge on any atom is -0.343 e. The van der Waals surface area contributed by atoms with Crippen LogP contribution in [0.4, 0.5) is 0 Å². The van der Waals surface area contributed by atoms with E-state index >= 15 is 0 Å². The van der Waals surface area contributed by atoms with Crippen molar-refractivity contribution >= 4 is 17.5 Å². The van der Waals surface area contributed by atoms with Gasteiger partial charge in [-0.2, -0.15) is 0 Å². The predicted octanol–water partition coefficient (Wildman–Crippen LogP) is 3.68. The Bertz CT molecular complexity index is 181. The van der Waals surface area contributed by atoms with Crippen molar-refractivity contribution in [2.45, 2.75) is 52.9 Å². The van der Waals surface area contributed by atoms with Gasteiger partial charge in [-0.1, -0.05) is 26.7 Å². The molecule has 0 saturated heterocycles. The van der Waals surface area contributed by atoms with Crippen LogP contribution in [-0.2, 0) is 4.79 Å². The lowest BCUT2D eigenvalue weighted by molar-refractivity contribution is -0.131. The van der Waals surface area contributed by atoms with Gasteiger partial charge in [0.15, 0.2) is 0 Å². The Morgan fingerprint density at radius 2 is 1.81 bits per heavy atom. The number of unbranched alkanes of at least 4 members (excludes halogenated alkanes) is 1. The predicted molar refractivity (Wildman–Crippen MR) is 70.9 cm³/mol. The molecule has 0 aromatic carbocycles. The first-order valence-electron chi connectivity index (χ1n) is 6.53. The molecule has 0 fully saturated rings. The third-order valence-corrected chi connectivity index (χ3v) is 3.41. The molecule has 0 unspecified atom stereocenters. The first-order valence-corrected chi connectivity index (χ1v) is 7.06. The first kappa shape index (κ1) is 15.8. The SMILES string of the molecule is CCC(CC)CN(CC)C(=O)CCCCCl. The van der Waals surface area contributed by atoms with Crippen molar-refractivity contribution in [3.8, 4) is 0 Å². The van der Waals surface area contributed by atoms with Gasteiger partial charge in [0.25, 0.3) is 0 Å². The van der Waals surface area contributed by atoms with E-state index in [1.54, 1.807) is 0 Å². The fourth-order valence-electron chi connectivity index (χ4n) is 1.79. The van der Waals surface area contributed by atoms with E-state index in [9.17, 15) is 4.79 Å². The fraction of sp³-hybridized carbons (Fsp3) is 0.923. The summed E-state index contributed by atoms with van der Waals surface area (Å²) in [6.45, 7) is 8.20. The molecule has 0 bridgehead atoms. The highest BCUT2D eigenvalue weighted by Gasteiger charge is 2.14. The molecular weight excluding hydrogens is 222 g/mol. The first-order chi connectivity index (χ1) is 7.69. The molecule has 3 heteroatoms. The molecular formula is C13H26ClNO. The van der Waals surface area contributed by atoms with E-state index in [0.29, 0.717) is 24.1 Å². The Hall–Kier alpha value is -0.240. The molecule has 0 aromatic rings. The molecule has 0 saturated carbocycles. The van der Waals surface area contributed by atoms with Crippen LogP contribution >= 0.6 is 11.6 Å². The van der Waals surface area contributed by atoms with E-state index in [-0.39, 0.29) is 0 Å². The molecule has 96 valence electrons. The third-order valence-electron chi connectivity index (χ3n) is 3.14. The highest BCUT2D eigenvalue weighted by Crippen LogP contribution is 2.11. The summed E-state index contributed by atoms with van der Waals surface area (Å²) in [6.07, 6.45) is 4.82.